The fourth-order valence-electron chi connectivity index (χ4n) is 2.12. The maximum Gasteiger partial charge on any atom is 0.122 e. The lowest BCUT2D eigenvalue weighted by Gasteiger charge is -2.45. The van der Waals surface area contributed by atoms with Crippen molar-refractivity contribution < 1.29 is 4.74 Å². The van der Waals surface area contributed by atoms with Crippen LogP contribution in [0.2, 0.25) is 0 Å². The van der Waals surface area contributed by atoms with E-state index in [1.807, 2.05) is 6.92 Å². The van der Waals surface area contributed by atoms with Crippen LogP contribution in [0.3, 0.4) is 0 Å². The monoisotopic (exact) mass is 180 g/mol. The molecule has 0 atom stereocenters. The molecule has 0 bridgehead atoms. The minimum atomic E-state index is -0.0780. The Morgan fingerprint density at radius 1 is 1.54 bits per heavy atom. The van der Waals surface area contributed by atoms with Crippen LogP contribution < -0.4 is 5.84 Å². The highest BCUT2D eigenvalue weighted by Crippen LogP contribution is 2.38. The second kappa shape index (κ2) is 2.94. The van der Waals surface area contributed by atoms with Crippen molar-refractivity contribution in [3.8, 4) is 0 Å². The van der Waals surface area contributed by atoms with Crippen molar-refractivity contribution in [1.29, 1.82) is 0 Å². The van der Waals surface area contributed by atoms with E-state index in [-0.39, 0.29) is 5.60 Å². The number of rotatable bonds is 1. The normalized spacial score (nSPS) is 27.6. The van der Waals surface area contributed by atoms with Crippen LogP contribution in [0.5, 0.6) is 0 Å². The van der Waals surface area contributed by atoms with Crippen LogP contribution in [0.4, 0.5) is 0 Å². The zero-order chi connectivity index (χ0) is 9.47. The molecule has 2 rings (SSSR count). The number of ether oxygens (including phenoxy) is 1. The van der Waals surface area contributed by atoms with Gasteiger partial charge in [-0.15, -0.1) is 0 Å². The molecular weight excluding hydrogens is 164 g/mol. The first-order valence-electron chi connectivity index (χ1n) is 4.64. The van der Waals surface area contributed by atoms with Gasteiger partial charge in [-0.3, -0.25) is 5.84 Å². The third-order valence-electron chi connectivity index (χ3n) is 2.77. The van der Waals surface area contributed by atoms with Crippen LogP contribution in [0.1, 0.15) is 13.8 Å². The molecule has 72 valence electrons. The molecule has 3 nitrogen and oxygen atoms in total. The van der Waals surface area contributed by atoms with Crippen molar-refractivity contribution in [3.63, 3.8) is 0 Å². The van der Waals surface area contributed by atoms with E-state index >= 15 is 0 Å². The molecular formula is C10H16N2O. The Balaban J connectivity index is 2.23. The van der Waals surface area contributed by atoms with Gasteiger partial charge < -0.3 is 4.74 Å². The summed E-state index contributed by atoms with van der Waals surface area (Å²) in [4.78, 5) is 0. The lowest BCUT2D eigenvalue weighted by Crippen LogP contribution is -2.65. The van der Waals surface area contributed by atoms with Gasteiger partial charge in [-0.1, -0.05) is 12.2 Å². The van der Waals surface area contributed by atoms with Crippen molar-refractivity contribution >= 4 is 0 Å². The minimum Gasteiger partial charge on any atom is -0.363 e. The molecule has 0 aromatic heterocycles. The Bertz CT molecular complexity index is 275. The zero-order valence-electron chi connectivity index (χ0n) is 8.21. The van der Waals surface area contributed by atoms with E-state index < -0.39 is 0 Å². The summed E-state index contributed by atoms with van der Waals surface area (Å²) in [5.41, 5.74) is 2.59. The van der Waals surface area contributed by atoms with Crippen LogP contribution in [0.15, 0.2) is 23.3 Å². The van der Waals surface area contributed by atoms with Crippen molar-refractivity contribution in [1.82, 2.24) is 5.01 Å². The molecule has 2 aliphatic rings. The number of nitrogens with two attached hydrogens (primary N) is 1. The second-order valence-corrected chi connectivity index (χ2v) is 3.88. The quantitative estimate of drug-likeness (QED) is 0.608. The Morgan fingerprint density at radius 2 is 2.23 bits per heavy atom. The fourth-order valence-corrected chi connectivity index (χ4v) is 2.12. The van der Waals surface area contributed by atoms with Crippen molar-refractivity contribution in [2.45, 2.75) is 19.4 Å². The van der Waals surface area contributed by atoms with Gasteiger partial charge in [0.25, 0.3) is 0 Å². The van der Waals surface area contributed by atoms with E-state index in [0.717, 1.165) is 19.7 Å². The van der Waals surface area contributed by atoms with Crippen LogP contribution in [-0.4, -0.2) is 30.3 Å². The third kappa shape index (κ3) is 1.24. The van der Waals surface area contributed by atoms with Crippen LogP contribution >= 0.6 is 0 Å². The van der Waals surface area contributed by atoms with Gasteiger partial charge in [0.05, 0.1) is 6.61 Å². The molecule has 1 fully saturated rings. The van der Waals surface area contributed by atoms with Gasteiger partial charge >= 0.3 is 0 Å². The first kappa shape index (κ1) is 8.94. The Labute approximate surface area is 78.8 Å². The molecule has 0 radical (unpaired) electrons. The van der Waals surface area contributed by atoms with E-state index in [9.17, 15) is 0 Å². The van der Waals surface area contributed by atoms with Gasteiger partial charge in [0.2, 0.25) is 0 Å². The Hall–Kier alpha value is -0.640. The summed E-state index contributed by atoms with van der Waals surface area (Å²) < 4.78 is 5.78. The minimum absolute atomic E-state index is 0.0780. The highest BCUT2D eigenvalue weighted by Gasteiger charge is 2.48. The SMILES string of the molecule is C/C=C\C1=C(C)COC12CN(N)C2. The van der Waals surface area contributed by atoms with Crippen molar-refractivity contribution in [2.75, 3.05) is 19.7 Å². The second-order valence-electron chi connectivity index (χ2n) is 3.88. The first-order valence-corrected chi connectivity index (χ1v) is 4.64. The number of allylic oxidation sites excluding steroid dienone is 1. The standard InChI is InChI=1S/C10H16N2O/c1-3-4-9-8(2)5-13-10(9)6-12(11)7-10/h3-4H,5-7,11H2,1-2H3/b4-3-. The molecule has 1 saturated heterocycles. The predicted molar refractivity (Wildman–Crippen MR) is 52.0 cm³/mol. The summed E-state index contributed by atoms with van der Waals surface area (Å²) in [6, 6.07) is 0. The number of hydrazine groups is 1. The molecule has 0 amide bonds. The average Bonchev–Trinajstić information content (AvgIpc) is 2.33. The van der Waals surface area contributed by atoms with E-state index in [4.69, 9.17) is 10.6 Å². The lowest BCUT2D eigenvalue weighted by molar-refractivity contribution is -0.0963. The number of hydrogen-bond donors (Lipinski definition) is 1. The maximum absolute atomic E-state index is 5.78. The molecule has 0 saturated carbocycles. The summed E-state index contributed by atoms with van der Waals surface area (Å²) >= 11 is 0. The largest absolute Gasteiger partial charge is 0.363 e. The van der Waals surface area contributed by atoms with Crippen LogP contribution in [-0.2, 0) is 4.74 Å². The van der Waals surface area contributed by atoms with Gasteiger partial charge in [-0.2, -0.15) is 0 Å². The smallest absolute Gasteiger partial charge is 0.122 e. The average molecular weight is 180 g/mol. The van der Waals surface area contributed by atoms with E-state index in [2.05, 4.69) is 19.1 Å². The summed E-state index contributed by atoms with van der Waals surface area (Å²) in [6.07, 6.45) is 4.21. The molecule has 1 spiro atoms. The van der Waals surface area contributed by atoms with Gasteiger partial charge in [0.1, 0.15) is 5.60 Å². The van der Waals surface area contributed by atoms with Crippen LogP contribution in [0, 0.1) is 0 Å². The molecule has 2 aliphatic heterocycles. The van der Waals surface area contributed by atoms with Gasteiger partial charge in [0.15, 0.2) is 0 Å². The predicted octanol–water partition coefficient (Wildman–Crippen LogP) is 0.837. The summed E-state index contributed by atoms with van der Waals surface area (Å²) in [5.74, 6) is 5.64. The number of nitrogens with zero attached hydrogens (tertiary/aromatic N) is 1. The Kier molecular flexibility index (Phi) is 2.02. The molecule has 0 aromatic carbocycles. The molecule has 0 unspecified atom stereocenters. The van der Waals surface area contributed by atoms with Crippen molar-refractivity contribution in [2.24, 2.45) is 5.84 Å². The molecule has 2 heterocycles. The summed E-state index contributed by atoms with van der Waals surface area (Å²) in [7, 11) is 0. The molecule has 0 aliphatic carbocycles. The fraction of sp³-hybridized carbons (Fsp3) is 0.600. The summed E-state index contributed by atoms with van der Waals surface area (Å²) in [6.45, 7) is 6.57. The zero-order valence-corrected chi connectivity index (χ0v) is 8.21. The summed E-state index contributed by atoms with van der Waals surface area (Å²) in [5, 5.41) is 1.79. The first-order chi connectivity index (χ1) is 6.18. The highest BCUT2D eigenvalue weighted by atomic mass is 16.5. The van der Waals surface area contributed by atoms with E-state index in [0.29, 0.717) is 0 Å². The molecule has 13 heavy (non-hydrogen) atoms. The topological polar surface area (TPSA) is 38.5 Å². The Morgan fingerprint density at radius 3 is 2.77 bits per heavy atom. The van der Waals surface area contributed by atoms with Gasteiger partial charge in [-0.05, 0) is 25.0 Å². The van der Waals surface area contributed by atoms with Crippen LogP contribution in [0.25, 0.3) is 0 Å². The van der Waals surface area contributed by atoms with Gasteiger partial charge in [-0.25, -0.2) is 5.01 Å². The number of hydrogen-bond acceptors (Lipinski definition) is 3. The van der Waals surface area contributed by atoms with Gasteiger partial charge in [0, 0.05) is 13.1 Å². The highest BCUT2D eigenvalue weighted by molar-refractivity contribution is 5.40. The van der Waals surface area contributed by atoms with E-state index in [1.165, 1.54) is 11.1 Å². The van der Waals surface area contributed by atoms with E-state index in [1.54, 1.807) is 5.01 Å². The van der Waals surface area contributed by atoms with Crippen molar-refractivity contribution in [3.05, 3.63) is 23.3 Å². The lowest BCUT2D eigenvalue weighted by atomic mass is 9.86. The maximum atomic E-state index is 5.78. The molecule has 2 N–H and O–H groups in total. The third-order valence-corrected chi connectivity index (χ3v) is 2.77. The molecule has 3 heteroatoms. The molecule has 0 aromatic rings.